The Morgan fingerprint density at radius 1 is 1.17 bits per heavy atom. The monoisotopic (exact) mass is 323 g/mol. The van der Waals surface area contributed by atoms with E-state index in [1.807, 2.05) is 37.4 Å². The Hall–Kier alpha value is -2.75. The van der Waals surface area contributed by atoms with Crippen LogP contribution in [-0.2, 0) is 17.8 Å². The van der Waals surface area contributed by atoms with Crippen molar-refractivity contribution in [2.45, 2.75) is 19.9 Å². The van der Waals surface area contributed by atoms with Crippen LogP contribution < -0.4 is 4.74 Å². The number of nitrogens with zero attached hydrogens (tertiary/aromatic N) is 1. The van der Waals surface area contributed by atoms with E-state index in [0.29, 0.717) is 13.0 Å². The van der Waals surface area contributed by atoms with Crippen LogP contribution in [0.1, 0.15) is 16.7 Å². The van der Waals surface area contributed by atoms with Crippen LogP contribution in [0.4, 0.5) is 0 Å². The van der Waals surface area contributed by atoms with Crippen LogP contribution in [0.25, 0.3) is 11.0 Å². The summed E-state index contributed by atoms with van der Waals surface area (Å²) in [7, 11) is 3.45. The number of likely N-dealkylation sites (N-methyl/N-ethyl adjacent to an activating group) is 1. The molecule has 0 radical (unpaired) electrons. The van der Waals surface area contributed by atoms with Gasteiger partial charge in [-0.1, -0.05) is 24.3 Å². The van der Waals surface area contributed by atoms with Gasteiger partial charge in [-0.2, -0.15) is 0 Å². The summed E-state index contributed by atoms with van der Waals surface area (Å²) in [6, 6.07) is 13.8. The number of aryl methyl sites for hydroxylation is 1. The molecule has 0 N–H and O–H groups in total. The summed E-state index contributed by atoms with van der Waals surface area (Å²) in [5, 5.41) is 0.952. The largest absolute Gasteiger partial charge is 0.497 e. The fourth-order valence-electron chi connectivity index (χ4n) is 2.76. The van der Waals surface area contributed by atoms with Crippen LogP contribution in [0.15, 0.2) is 53.1 Å². The van der Waals surface area contributed by atoms with E-state index in [1.54, 1.807) is 18.3 Å². The zero-order valence-corrected chi connectivity index (χ0v) is 14.2. The summed E-state index contributed by atoms with van der Waals surface area (Å²) in [6.45, 7) is 2.67. The van der Waals surface area contributed by atoms with Crippen molar-refractivity contribution in [3.05, 3.63) is 65.4 Å². The minimum atomic E-state index is 0.0665. The molecule has 0 aliphatic heterocycles. The standard InChI is InChI=1S/C20H21NO3/c1-14-6-4-5-7-15(14)12-21(2)20(22)10-16-13-24-19-11-17(23-3)8-9-18(16)19/h4-9,11,13H,10,12H2,1-3H3. The van der Waals surface area contributed by atoms with Crippen LogP contribution in [-0.4, -0.2) is 25.0 Å². The molecule has 124 valence electrons. The lowest BCUT2D eigenvalue weighted by Crippen LogP contribution is -2.27. The molecule has 1 heterocycles. The Balaban J connectivity index is 1.73. The van der Waals surface area contributed by atoms with Gasteiger partial charge in [-0.3, -0.25) is 4.79 Å². The van der Waals surface area contributed by atoms with Crippen molar-refractivity contribution < 1.29 is 13.9 Å². The Morgan fingerprint density at radius 2 is 1.96 bits per heavy atom. The molecule has 0 spiro atoms. The third-order valence-electron chi connectivity index (χ3n) is 4.30. The molecule has 1 aromatic heterocycles. The van der Waals surface area contributed by atoms with Crippen LogP contribution in [0, 0.1) is 6.92 Å². The van der Waals surface area contributed by atoms with Crippen molar-refractivity contribution in [1.82, 2.24) is 4.90 Å². The van der Waals surface area contributed by atoms with Crippen molar-refractivity contribution in [3.63, 3.8) is 0 Å². The summed E-state index contributed by atoms with van der Waals surface area (Å²) >= 11 is 0. The van der Waals surface area contributed by atoms with Crippen molar-refractivity contribution in [2.75, 3.05) is 14.2 Å². The fourth-order valence-corrected chi connectivity index (χ4v) is 2.76. The lowest BCUT2D eigenvalue weighted by atomic mass is 10.1. The van der Waals surface area contributed by atoms with Gasteiger partial charge >= 0.3 is 0 Å². The molecule has 4 heteroatoms. The van der Waals surface area contributed by atoms with Crippen molar-refractivity contribution in [3.8, 4) is 5.75 Å². The van der Waals surface area contributed by atoms with E-state index in [-0.39, 0.29) is 5.91 Å². The maximum atomic E-state index is 12.6. The maximum Gasteiger partial charge on any atom is 0.227 e. The topological polar surface area (TPSA) is 42.7 Å². The van der Waals surface area contributed by atoms with Crippen LogP contribution >= 0.6 is 0 Å². The summed E-state index contributed by atoms with van der Waals surface area (Å²) in [5.74, 6) is 0.808. The second-order valence-electron chi connectivity index (χ2n) is 5.98. The number of ether oxygens (including phenoxy) is 1. The number of methoxy groups -OCH3 is 1. The normalized spacial score (nSPS) is 10.8. The van der Waals surface area contributed by atoms with Gasteiger partial charge in [-0.05, 0) is 30.2 Å². The van der Waals surface area contributed by atoms with E-state index in [4.69, 9.17) is 9.15 Å². The molecule has 0 saturated carbocycles. The number of hydrogen-bond acceptors (Lipinski definition) is 3. The Labute approximate surface area is 141 Å². The Bertz CT molecular complexity index is 866. The van der Waals surface area contributed by atoms with Gasteiger partial charge in [0.05, 0.1) is 19.8 Å². The molecule has 0 aliphatic rings. The summed E-state index contributed by atoms with van der Waals surface area (Å²) in [4.78, 5) is 14.3. The zero-order valence-electron chi connectivity index (χ0n) is 14.2. The lowest BCUT2D eigenvalue weighted by Gasteiger charge is -2.18. The van der Waals surface area contributed by atoms with E-state index in [2.05, 4.69) is 19.1 Å². The van der Waals surface area contributed by atoms with Gasteiger partial charge in [0.15, 0.2) is 0 Å². The van der Waals surface area contributed by atoms with Gasteiger partial charge in [-0.15, -0.1) is 0 Å². The van der Waals surface area contributed by atoms with E-state index in [9.17, 15) is 4.79 Å². The second kappa shape index (κ2) is 6.79. The molecule has 3 rings (SSSR count). The summed E-state index contributed by atoms with van der Waals surface area (Å²) in [6.07, 6.45) is 1.98. The third-order valence-corrected chi connectivity index (χ3v) is 4.30. The van der Waals surface area contributed by atoms with Gasteiger partial charge in [0.2, 0.25) is 5.91 Å². The highest BCUT2D eigenvalue weighted by atomic mass is 16.5. The molecule has 0 aliphatic carbocycles. The highest BCUT2D eigenvalue weighted by Crippen LogP contribution is 2.26. The van der Waals surface area contributed by atoms with Crippen molar-refractivity contribution in [2.24, 2.45) is 0 Å². The number of amides is 1. The third kappa shape index (κ3) is 3.27. The molecule has 24 heavy (non-hydrogen) atoms. The molecular formula is C20H21NO3. The van der Waals surface area contributed by atoms with E-state index < -0.39 is 0 Å². The number of carbonyl (C=O) groups is 1. The van der Waals surface area contributed by atoms with Gasteiger partial charge < -0.3 is 14.1 Å². The predicted molar refractivity (Wildman–Crippen MR) is 94.1 cm³/mol. The second-order valence-corrected chi connectivity index (χ2v) is 5.98. The minimum absolute atomic E-state index is 0.0665. The number of benzene rings is 2. The maximum absolute atomic E-state index is 12.6. The molecule has 3 aromatic rings. The minimum Gasteiger partial charge on any atom is -0.497 e. The smallest absolute Gasteiger partial charge is 0.227 e. The molecular weight excluding hydrogens is 302 g/mol. The molecule has 0 saturated heterocycles. The highest BCUT2D eigenvalue weighted by molar-refractivity contribution is 5.88. The first-order valence-electron chi connectivity index (χ1n) is 7.91. The molecule has 0 bridgehead atoms. The first-order valence-corrected chi connectivity index (χ1v) is 7.91. The Kier molecular flexibility index (Phi) is 4.56. The van der Waals surface area contributed by atoms with E-state index >= 15 is 0 Å². The molecule has 1 amide bonds. The first kappa shape index (κ1) is 16.1. The molecule has 0 fully saturated rings. The average Bonchev–Trinajstić information content (AvgIpc) is 2.98. The molecule has 4 nitrogen and oxygen atoms in total. The van der Waals surface area contributed by atoms with Crippen molar-refractivity contribution >= 4 is 16.9 Å². The summed E-state index contributed by atoms with van der Waals surface area (Å²) in [5.41, 5.74) is 3.99. The lowest BCUT2D eigenvalue weighted by molar-refractivity contribution is -0.129. The average molecular weight is 323 g/mol. The quantitative estimate of drug-likeness (QED) is 0.714. The van der Waals surface area contributed by atoms with E-state index in [0.717, 1.165) is 27.8 Å². The highest BCUT2D eigenvalue weighted by Gasteiger charge is 2.15. The summed E-state index contributed by atoms with van der Waals surface area (Å²) < 4.78 is 10.8. The number of fused-ring (bicyclic) bond motifs is 1. The Morgan fingerprint density at radius 3 is 2.71 bits per heavy atom. The molecule has 0 unspecified atom stereocenters. The first-order chi connectivity index (χ1) is 11.6. The predicted octanol–water partition coefficient (Wildman–Crippen LogP) is 3.95. The number of furan rings is 1. The van der Waals surface area contributed by atoms with Crippen molar-refractivity contribution in [1.29, 1.82) is 0 Å². The van der Waals surface area contributed by atoms with Crippen LogP contribution in [0.2, 0.25) is 0 Å². The van der Waals surface area contributed by atoms with Crippen LogP contribution in [0.3, 0.4) is 0 Å². The zero-order chi connectivity index (χ0) is 17.1. The molecule has 2 aromatic carbocycles. The van der Waals surface area contributed by atoms with Crippen LogP contribution in [0.5, 0.6) is 5.75 Å². The van der Waals surface area contributed by atoms with E-state index in [1.165, 1.54) is 5.56 Å². The number of carbonyl (C=O) groups excluding carboxylic acids is 1. The van der Waals surface area contributed by atoms with Gasteiger partial charge in [0, 0.05) is 30.6 Å². The number of rotatable bonds is 5. The van der Waals surface area contributed by atoms with Gasteiger partial charge in [0.25, 0.3) is 0 Å². The molecule has 0 atom stereocenters. The SMILES string of the molecule is COc1ccc2c(CC(=O)N(C)Cc3ccccc3C)coc2c1. The van der Waals surface area contributed by atoms with Gasteiger partial charge in [0.1, 0.15) is 11.3 Å². The van der Waals surface area contributed by atoms with Gasteiger partial charge in [-0.25, -0.2) is 0 Å². The number of hydrogen-bond donors (Lipinski definition) is 0. The fraction of sp³-hybridized carbons (Fsp3) is 0.250.